The molecule has 1 unspecified atom stereocenters. The van der Waals surface area contributed by atoms with Gasteiger partial charge < -0.3 is 9.52 Å². The number of aliphatic carboxylic acids is 1. The highest BCUT2D eigenvalue weighted by Crippen LogP contribution is 2.48. The minimum absolute atomic E-state index is 0.220. The van der Waals surface area contributed by atoms with Crippen LogP contribution in [0, 0.1) is 5.92 Å². The van der Waals surface area contributed by atoms with Crippen molar-refractivity contribution in [3.05, 3.63) is 22.6 Å². The molecule has 2 rings (SSSR count). The van der Waals surface area contributed by atoms with Gasteiger partial charge in [0.1, 0.15) is 11.2 Å². The molecule has 1 N–H and O–H groups in total. The van der Waals surface area contributed by atoms with Crippen molar-refractivity contribution in [1.82, 2.24) is 0 Å². The number of halogens is 1. The average molecular weight is 259 g/mol. The summed E-state index contributed by atoms with van der Waals surface area (Å²) in [5.41, 5.74) is -0.855. The lowest BCUT2D eigenvalue weighted by molar-refractivity contribution is -0.144. The summed E-state index contributed by atoms with van der Waals surface area (Å²) in [5, 5.41) is 9.23. The first kappa shape index (κ1) is 9.77. The van der Waals surface area contributed by atoms with E-state index < -0.39 is 11.4 Å². The van der Waals surface area contributed by atoms with Gasteiger partial charge in [0.25, 0.3) is 0 Å². The Kier molecular flexibility index (Phi) is 2.18. The quantitative estimate of drug-likeness (QED) is 0.907. The SMILES string of the molecule is CC(C(=O)O)(c1ccc(Br)o1)C1CC1. The van der Waals surface area contributed by atoms with Gasteiger partial charge in [-0.3, -0.25) is 4.79 Å². The Morgan fingerprint density at radius 3 is 2.64 bits per heavy atom. The number of furan rings is 1. The fraction of sp³-hybridized carbons (Fsp3) is 0.500. The molecular weight excluding hydrogens is 248 g/mol. The Bertz CT molecular complexity index is 367. The first-order chi connectivity index (χ1) is 6.55. The van der Waals surface area contributed by atoms with Crippen LogP contribution in [0.4, 0.5) is 0 Å². The number of rotatable bonds is 3. The van der Waals surface area contributed by atoms with Crippen LogP contribution in [-0.4, -0.2) is 11.1 Å². The topological polar surface area (TPSA) is 50.4 Å². The molecular formula is C10H11BrO3. The second-order valence-electron chi connectivity index (χ2n) is 3.89. The van der Waals surface area contributed by atoms with E-state index in [1.54, 1.807) is 19.1 Å². The van der Waals surface area contributed by atoms with Gasteiger partial charge in [-0.15, -0.1) is 0 Å². The van der Waals surface area contributed by atoms with E-state index in [4.69, 9.17) is 4.42 Å². The molecule has 3 nitrogen and oxygen atoms in total. The Morgan fingerprint density at radius 1 is 1.64 bits per heavy atom. The summed E-state index contributed by atoms with van der Waals surface area (Å²) in [6.07, 6.45) is 1.95. The Hall–Kier alpha value is -0.770. The van der Waals surface area contributed by atoms with Crippen molar-refractivity contribution < 1.29 is 14.3 Å². The molecule has 0 amide bonds. The van der Waals surface area contributed by atoms with Crippen molar-refractivity contribution >= 4 is 21.9 Å². The van der Waals surface area contributed by atoms with E-state index in [2.05, 4.69) is 15.9 Å². The van der Waals surface area contributed by atoms with E-state index in [0.717, 1.165) is 12.8 Å². The average Bonchev–Trinajstić information content (AvgIpc) is 2.88. The van der Waals surface area contributed by atoms with Gasteiger partial charge in [-0.05, 0) is 53.7 Å². The fourth-order valence-corrected chi connectivity index (χ4v) is 2.04. The highest BCUT2D eigenvalue weighted by atomic mass is 79.9. The summed E-state index contributed by atoms with van der Waals surface area (Å²) < 4.78 is 5.93. The molecule has 0 aromatic carbocycles. The molecule has 1 aliphatic carbocycles. The summed E-state index contributed by atoms with van der Waals surface area (Å²) in [5.74, 6) is -0.0423. The first-order valence-corrected chi connectivity index (χ1v) is 5.33. The van der Waals surface area contributed by atoms with E-state index in [9.17, 15) is 9.90 Å². The van der Waals surface area contributed by atoms with Crippen molar-refractivity contribution in [3.63, 3.8) is 0 Å². The fourth-order valence-electron chi connectivity index (χ4n) is 1.74. The molecule has 0 aliphatic heterocycles. The monoisotopic (exact) mass is 258 g/mol. The van der Waals surface area contributed by atoms with Crippen molar-refractivity contribution in [3.8, 4) is 0 Å². The van der Waals surface area contributed by atoms with Gasteiger partial charge in [-0.25, -0.2) is 0 Å². The number of carboxylic acid groups (broad SMARTS) is 1. The van der Waals surface area contributed by atoms with Crippen LogP contribution in [0.3, 0.4) is 0 Å². The van der Waals surface area contributed by atoms with Crippen molar-refractivity contribution in [2.75, 3.05) is 0 Å². The third kappa shape index (κ3) is 1.38. The summed E-state index contributed by atoms with van der Waals surface area (Å²) in [6.45, 7) is 1.73. The molecule has 1 fully saturated rings. The third-order valence-corrected chi connectivity index (χ3v) is 3.35. The maximum Gasteiger partial charge on any atom is 0.317 e. The van der Waals surface area contributed by atoms with Gasteiger partial charge in [0.05, 0.1) is 0 Å². The minimum Gasteiger partial charge on any atom is -0.480 e. The van der Waals surface area contributed by atoms with Crippen LogP contribution in [0.2, 0.25) is 0 Å². The van der Waals surface area contributed by atoms with Crippen LogP contribution >= 0.6 is 15.9 Å². The molecule has 1 aliphatic rings. The van der Waals surface area contributed by atoms with Crippen LogP contribution in [-0.2, 0) is 10.2 Å². The molecule has 1 aromatic heterocycles. The summed E-state index contributed by atoms with van der Waals surface area (Å²) in [7, 11) is 0. The van der Waals surface area contributed by atoms with Crippen LogP contribution in [0.15, 0.2) is 21.2 Å². The highest BCUT2D eigenvalue weighted by Gasteiger charge is 2.50. The molecule has 0 radical (unpaired) electrons. The zero-order chi connectivity index (χ0) is 10.3. The van der Waals surface area contributed by atoms with Crippen molar-refractivity contribution in [2.24, 2.45) is 5.92 Å². The number of carboxylic acids is 1. The van der Waals surface area contributed by atoms with Gasteiger partial charge in [-0.2, -0.15) is 0 Å². The second-order valence-corrected chi connectivity index (χ2v) is 4.67. The zero-order valence-electron chi connectivity index (χ0n) is 7.79. The first-order valence-electron chi connectivity index (χ1n) is 4.54. The lowest BCUT2D eigenvalue weighted by atomic mass is 9.82. The van der Waals surface area contributed by atoms with Crippen LogP contribution < -0.4 is 0 Å². The molecule has 1 atom stereocenters. The standard InChI is InChI=1S/C10H11BrO3/c1-10(9(12)13,6-2-3-6)7-4-5-8(11)14-7/h4-6H,2-3H2,1H3,(H,12,13). The summed E-state index contributed by atoms with van der Waals surface area (Å²) in [4.78, 5) is 11.2. The van der Waals surface area contributed by atoms with Crippen LogP contribution in [0.5, 0.6) is 0 Å². The van der Waals surface area contributed by atoms with Gasteiger partial charge in [0, 0.05) is 0 Å². The zero-order valence-corrected chi connectivity index (χ0v) is 9.37. The van der Waals surface area contributed by atoms with E-state index in [-0.39, 0.29) is 5.92 Å². The summed E-state index contributed by atoms with van der Waals surface area (Å²) >= 11 is 3.18. The maximum absolute atomic E-state index is 11.2. The number of hydrogen-bond donors (Lipinski definition) is 1. The lowest BCUT2D eigenvalue weighted by Gasteiger charge is -2.21. The van der Waals surface area contributed by atoms with Crippen molar-refractivity contribution in [1.29, 1.82) is 0 Å². The molecule has 0 saturated heterocycles. The second kappa shape index (κ2) is 3.12. The predicted octanol–water partition coefficient (Wildman–Crippen LogP) is 2.79. The van der Waals surface area contributed by atoms with Gasteiger partial charge in [0.15, 0.2) is 4.67 Å². The van der Waals surface area contributed by atoms with Gasteiger partial charge in [-0.1, -0.05) is 0 Å². The Morgan fingerprint density at radius 2 is 2.29 bits per heavy atom. The highest BCUT2D eigenvalue weighted by molar-refractivity contribution is 9.10. The normalized spacial score (nSPS) is 20.4. The van der Waals surface area contributed by atoms with Crippen LogP contribution in [0.1, 0.15) is 25.5 Å². The van der Waals surface area contributed by atoms with E-state index in [1.165, 1.54) is 0 Å². The molecule has 76 valence electrons. The smallest absolute Gasteiger partial charge is 0.317 e. The Labute approximate surface area is 90.2 Å². The predicted molar refractivity (Wildman–Crippen MR) is 54.1 cm³/mol. The number of hydrogen-bond acceptors (Lipinski definition) is 2. The van der Waals surface area contributed by atoms with E-state index in [0.29, 0.717) is 10.4 Å². The molecule has 1 heterocycles. The molecule has 4 heteroatoms. The van der Waals surface area contributed by atoms with E-state index >= 15 is 0 Å². The van der Waals surface area contributed by atoms with Crippen LogP contribution in [0.25, 0.3) is 0 Å². The van der Waals surface area contributed by atoms with Gasteiger partial charge in [0.2, 0.25) is 0 Å². The van der Waals surface area contributed by atoms with E-state index in [1.807, 2.05) is 0 Å². The molecule has 1 saturated carbocycles. The lowest BCUT2D eigenvalue weighted by Crippen LogP contribution is -2.34. The Balaban J connectivity index is 2.40. The third-order valence-electron chi connectivity index (χ3n) is 2.92. The largest absolute Gasteiger partial charge is 0.480 e. The maximum atomic E-state index is 11.2. The summed E-state index contributed by atoms with van der Waals surface area (Å²) in [6, 6.07) is 3.47. The molecule has 0 spiro atoms. The van der Waals surface area contributed by atoms with Gasteiger partial charge >= 0.3 is 5.97 Å². The number of carbonyl (C=O) groups is 1. The molecule has 0 bridgehead atoms. The van der Waals surface area contributed by atoms with Crippen molar-refractivity contribution in [2.45, 2.75) is 25.2 Å². The molecule has 14 heavy (non-hydrogen) atoms. The molecule has 1 aromatic rings. The minimum atomic E-state index is -0.855.